The second-order valence-electron chi connectivity index (χ2n) is 5.21. The normalized spacial score (nSPS) is 21.3. The van der Waals surface area contributed by atoms with Gasteiger partial charge in [0.05, 0.1) is 6.61 Å². The lowest BCUT2D eigenvalue weighted by Gasteiger charge is -2.27. The summed E-state index contributed by atoms with van der Waals surface area (Å²) < 4.78 is 0. The first-order valence-electron chi connectivity index (χ1n) is 7.37. The molecule has 1 aliphatic rings. The van der Waals surface area contributed by atoms with Crippen LogP contribution < -0.4 is 5.32 Å². The zero-order valence-corrected chi connectivity index (χ0v) is 12.6. The van der Waals surface area contributed by atoms with Gasteiger partial charge in [-0.05, 0) is 25.8 Å². The average Bonchev–Trinajstić information content (AvgIpc) is 2.74. The SMILES string of the molecule is CCCNc1ncc(CN2CCCCCC2CO)s1. The van der Waals surface area contributed by atoms with Gasteiger partial charge in [-0.15, -0.1) is 11.3 Å². The number of likely N-dealkylation sites (tertiary alicyclic amines) is 1. The van der Waals surface area contributed by atoms with Gasteiger partial charge in [0.1, 0.15) is 0 Å². The number of rotatable bonds is 6. The molecule has 1 atom stereocenters. The molecule has 2 heterocycles. The Bertz CT molecular complexity index is 369. The Labute approximate surface area is 119 Å². The highest BCUT2D eigenvalue weighted by molar-refractivity contribution is 7.15. The highest BCUT2D eigenvalue weighted by atomic mass is 32.1. The average molecular weight is 283 g/mol. The zero-order chi connectivity index (χ0) is 13.5. The maximum atomic E-state index is 9.52. The van der Waals surface area contributed by atoms with Crippen LogP contribution in [0.3, 0.4) is 0 Å². The predicted molar refractivity (Wildman–Crippen MR) is 80.6 cm³/mol. The first-order chi connectivity index (χ1) is 9.33. The van der Waals surface area contributed by atoms with E-state index in [0.29, 0.717) is 6.04 Å². The number of hydrogen-bond donors (Lipinski definition) is 2. The zero-order valence-electron chi connectivity index (χ0n) is 11.8. The van der Waals surface area contributed by atoms with E-state index >= 15 is 0 Å². The van der Waals surface area contributed by atoms with Crippen LogP contribution in [0.4, 0.5) is 5.13 Å². The van der Waals surface area contributed by atoms with Gasteiger partial charge in [-0.25, -0.2) is 4.98 Å². The van der Waals surface area contributed by atoms with E-state index in [4.69, 9.17) is 0 Å². The number of hydrogen-bond acceptors (Lipinski definition) is 5. The van der Waals surface area contributed by atoms with Crippen molar-refractivity contribution in [2.45, 2.75) is 51.6 Å². The predicted octanol–water partition coefficient (Wildman–Crippen LogP) is 2.70. The Morgan fingerprint density at radius 2 is 2.37 bits per heavy atom. The molecule has 1 aliphatic heterocycles. The molecule has 0 aromatic carbocycles. The second-order valence-corrected chi connectivity index (χ2v) is 6.33. The number of nitrogens with zero attached hydrogens (tertiary/aromatic N) is 2. The molecule has 1 unspecified atom stereocenters. The maximum absolute atomic E-state index is 9.52. The van der Waals surface area contributed by atoms with Crippen LogP contribution in [0, 0.1) is 0 Å². The highest BCUT2D eigenvalue weighted by Crippen LogP contribution is 2.23. The highest BCUT2D eigenvalue weighted by Gasteiger charge is 2.20. The third-order valence-corrected chi connectivity index (χ3v) is 4.59. The summed E-state index contributed by atoms with van der Waals surface area (Å²) in [7, 11) is 0. The van der Waals surface area contributed by atoms with Crippen molar-refractivity contribution in [2.24, 2.45) is 0 Å². The van der Waals surface area contributed by atoms with Crippen molar-refractivity contribution in [1.82, 2.24) is 9.88 Å². The van der Waals surface area contributed by atoms with Crippen molar-refractivity contribution in [2.75, 3.05) is 25.0 Å². The van der Waals surface area contributed by atoms with E-state index < -0.39 is 0 Å². The van der Waals surface area contributed by atoms with Gasteiger partial charge in [-0.1, -0.05) is 19.8 Å². The van der Waals surface area contributed by atoms with Crippen molar-refractivity contribution < 1.29 is 5.11 Å². The standard InChI is InChI=1S/C14H25N3OS/c1-2-7-15-14-16-9-13(19-14)10-17-8-5-3-4-6-12(17)11-18/h9,12,18H,2-8,10-11H2,1H3,(H,15,16). The number of nitrogens with one attached hydrogen (secondary N) is 1. The fourth-order valence-electron chi connectivity index (χ4n) is 2.55. The third kappa shape index (κ3) is 4.44. The molecule has 0 radical (unpaired) electrons. The Kier molecular flexibility index (Phi) is 6.07. The number of aliphatic hydroxyl groups excluding tert-OH is 1. The minimum atomic E-state index is 0.278. The molecule has 1 aromatic rings. The van der Waals surface area contributed by atoms with E-state index in [1.54, 1.807) is 11.3 Å². The summed E-state index contributed by atoms with van der Waals surface area (Å²) in [5.74, 6) is 0. The summed E-state index contributed by atoms with van der Waals surface area (Å²) in [4.78, 5) is 8.12. The van der Waals surface area contributed by atoms with Gasteiger partial charge in [-0.2, -0.15) is 0 Å². The fourth-order valence-corrected chi connectivity index (χ4v) is 3.41. The topological polar surface area (TPSA) is 48.4 Å². The molecule has 0 saturated carbocycles. The minimum Gasteiger partial charge on any atom is -0.395 e. The molecule has 19 heavy (non-hydrogen) atoms. The van der Waals surface area contributed by atoms with Crippen LogP contribution >= 0.6 is 11.3 Å². The Morgan fingerprint density at radius 1 is 1.47 bits per heavy atom. The van der Waals surface area contributed by atoms with E-state index in [-0.39, 0.29) is 6.61 Å². The van der Waals surface area contributed by atoms with Crippen LogP contribution in [0.25, 0.3) is 0 Å². The largest absolute Gasteiger partial charge is 0.395 e. The third-order valence-electron chi connectivity index (χ3n) is 3.65. The van der Waals surface area contributed by atoms with Crippen LogP contribution in [-0.2, 0) is 6.54 Å². The Hall–Kier alpha value is -0.650. The molecular weight excluding hydrogens is 258 g/mol. The molecule has 2 rings (SSSR count). The lowest BCUT2D eigenvalue weighted by atomic mass is 10.1. The van der Waals surface area contributed by atoms with Crippen molar-refractivity contribution in [1.29, 1.82) is 0 Å². The molecule has 0 amide bonds. The van der Waals surface area contributed by atoms with E-state index in [1.807, 2.05) is 6.20 Å². The molecule has 2 N–H and O–H groups in total. The van der Waals surface area contributed by atoms with Gasteiger partial charge < -0.3 is 10.4 Å². The smallest absolute Gasteiger partial charge is 0.182 e. The summed E-state index contributed by atoms with van der Waals surface area (Å²) in [6, 6.07) is 0.330. The van der Waals surface area contributed by atoms with Gasteiger partial charge in [0, 0.05) is 30.2 Å². The van der Waals surface area contributed by atoms with Crippen molar-refractivity contribution in [3.8, 4) is 0 Å². The molecule has 5 heteroatoms. The Balaban J connectivity index is 1.92. The minimum absolute atomic E-state index is 0.278. The summed E-state index contributed by atoms with van der Waals surface area (Å²) in [6.45, 7) is 5.44. The summed E-state index contributed by atoms with van der Waals surface area (Å²) in [6.07, 6.45) is 7.99. The second kappa shape index (κ2) is 7.82. The van der Waals surface area contributed by atoms with Gasteiger partial charge in [0.2, 0.25) is 0 Å². The number of aromatic nitrogens is 1. The lowest BCUT2D eigenvalue weighted by Crippen LogP contribution is -2.36. The monoisotopic (exact) mass is 283 g/mol. The molecular formula is C14H25N3OS. The Morgan fingerprint density at radius 3 is 3.16 bits per heavy atom. The summed E-state index contributed by atoms with van der Waals surface area (Å²) in [5, 5.41) is 13.9. The van der Waals surface area contributed by atoms with Gasteiger partial charge in [0.15, 0.2) is 5.13 Å². The van der Waals surface area contributed by atoms with Crippen LogP contribution in [0.1, 0.15) is 43.9 Å². The number of aliphatic hydroxyl groups is 1. The van der Waals surface area contributed by atoms with Crippen molar-refractivity contribution >= 4 is 16.5 Å². The summed E-state index contributed by atoms with van der Waals surface area (Å²) in [5.41, 5.74) is 0. The molecule has 108 valence electrons. The van der Waals surface area contributed by atoms with Gasteiger partial charge in [0.25, 0.3) is 0 Å². The molecule has 0 bridgehead atoms. The summed E-state index contributed by atoms with van der Waals surface area (Å²) >= 11 is 1.74. The molecule has 0 aliphatic carbocycles. The van der Waals surface area contributed by atoms with Gasteiger partial charge >= 0.3 is 0 Å². The number of thiazole rings is 1. The van der Waals surface area contributed by atoms with E-state index in [0.717, 1.165) is 37.6 Å². The van der Waals surface area contributed by atoms with Crippen LogP contribution in [-0.4, -0.2) is 40.7 Å². The fraction of sp³-hybridized carbons (Fsp3) is 0.786. The van der Waals surface area contributed by atoms with E-state index in [1.165, 1.54) is 24.1 Å². The van der Waals surface area contributed by atoms with Crippen LogP contribution in [0.2, 0.25) is 0 Å². The van der Waals surface area contributed by atoms with Crippen molar-refractivity contribution in [3.63, 3.8) is 0 Å². The first-order valence-corrected chi connectivity index (χ1v) is 8.18. The van der Waals surface area contributed by atoms with E-state index in [9.17, 15) is 5.11 Å². The van der Waals surface area contributed by atoms with Gasteiger partial charge in [-0.3, -0.25) is 4.90 Å². The quantitative estimate of drug-likeness (QED) is 0.843. The van der Waals surface area contributed by atoms with E-state index in [2.05, 4.69) is 22.1 Å². The molecule has 1 fully saturated rings. The van der Waals surface area contributed by atoms with Crippen LogP contribution in [0.15, 0.2) is 6.20 Å². The van der Waals surface area contributed by atoms with Crippen molar-refractivity contribution in [3.05, 3.63) is 11.1 Å². The molecule has 1 saturated heterocycles. The number of anilines is 1. The molecule has 4 nitrogen and oxygen atoms in total. The van der Waals surface area contributed by atoms with Crippen LogP contribution in [0.5, 0.6) is 0 Å². The first kappa shape index (κ1) is 14.8. The molecule has 0 spiro atoms. The molecule has 1 aromatic heterocycles. The maximum Gasteiger partial charge on any atom is 0.182 e. The lowest BCUT2D eigenvalue weighted by molar-refractivity contribution is 0.119.